The third kappa shape index (κ3) is 4.37. The maximum Gasteiger partial charge on any atom is 0.334 e. The van der Waals surface area contributed by atoms with Crippen molar-refractivity contribution in [2.45, 2.75) is 70.0 Å². The van der Waals surface area contributed by atoms with Crippen LogP contribution in [0.1, 0.15) is 57.8 Å². The lowest BCUT2D eigenvalue weighted by atomic mass is 9.87. The molecule has 0 aromatic carbocycles. The van der Waals surface area contributed by atoms with E-state index in [-0.39, 0.29) is 24.1 Å². The molecule has 3 rings (SSSR count). The first-order valence-corrected chi connectivity index (χ1v) is 9.15. The molecule has 0 saturated carbocycles. The zero-order chi connectivity index (χ0) is 16.8. The molecule has 0 saturated heterocycles. The molecule has 3 aliphatic carbocycles. The highest BCUT2D eigenvalue weighted by Gasteiger charge is 2.34. The number of carbonyl (C=O) groups excluding carboxylic acids is 2. The van der Waals surface area contributed by atoms with Crippen LogP contribution >= 0.6 is 0 Å². The number of ether oxygens (including phenoxy) is 2. The molecular weight excluding hydrogens is 304 g/mol. The Hall–Kier alpha value is -1.84. The zero-order valence-corrected chi connectivity index (χ0v) is 14.1. The fourth-order valence-electron chi connectivity index (χ4n) is 3.56. The minimum absolute atomic E-state index is 0.0508. The van der Waals surface area contributed by atoms with Gasteiger partial charge in [-0.3, -0.25) is 4.79 Å². The van der Waals surface area contributed by atoms with Gasteiger partial charge < -0.3 is 9.47 Å². The van der Waals surface area contributed by atoms with Gasteiger partial charge in [0.1, 0.15) is 12.2 Å². The van der Waals surface area contributed by atoms with E-state index in [4.69, 9.17) is 9.47 Å². The van der Waals surface area contributed by atoms with Crippen molar-refractivity contribution in [1.82, 2.24) is 0 Å². The molecule has 0 amide bonds. The van der Waals surface area contributed by atoms with Gasteiger partial charge in [0.05, 0.1) is 5.92 Å². The van der Waals surface area contributed by atoms with Crippen molar-refractivity contribution in [2.24, 2.45) is 5.92 Å². The first-order valence-electron chi connectivity index (χ1n) is 9.15. The number of hydrogen-bond donors (Lipinski definition) is 0. The van der Waals surface area contributed by atoms with E-state index in [1.165, 1.54) is 0 Å². The number of allylic oxidation sites excluding steroid dienone is 3. The molecule has 4 nitrogen and oxygen atoms in total. The maximum absolute atomic E-state index is 12.6. The monoisotopic (exact) mass is 330 g/mol. The number of esters is 2. The SMILES string of the molecule is O=C(OC1CC=CCC1)C1=CCCCC1C(=O)OC1CC=CCC1. The Balaban J connectivity index is 1.60. The van der Waals surface area contributed by atoms with Gasteiger partial charge in [-0.25, -0.2) is 4.79 Å². The predicted molar refractivity (Wildman–Crippen MR) is 91.2 cm³/mol. The summed E-state index contributed by atoms with van der Waals surface area (Å²) in [6.45, 7) is 0. The lowest BCUT2D eigenvalue weighted by Gasteiger charge is -2.27. The van der Waals surface area contributed by atoms with Gasteiger partial charge >= 0.3 is 11.9 Å². The standard InChI is InChI=1S/C20H26O4/c21-19(23-15-9-3-1-4-10-15)17-13-7-8-14-18(17)20(22)24-16-11-5-2-6-12-16/h1-3,5,13,15-16,18H,4,6-12,14H2. The van der Waals surface area contributed by atoms with Crippen molar-refractivity contribution < 1.29 is 19.1 Å². The molecule has 0 N–H and O–H groups in total. The molecule has 0 fully saturated rings. The number of carbonyl (C=O) groups is 2. The molecule has 0 bridgehead atoms. The van der Waals surface area contributed by atoms with Gasteiger partial charge in [-0.2, -0.15) is 0 Å². The van der Waals surface area contributed by atoms with E-state index in [1.54, 1.807) is 0 Å². The van der Waals surface area contributed by atoms with E-state index < -0.39 is 5.92 Å². The average molecular weight is 330 g/mol. The molecule has 3 aliphatic rings. The molecule has 0 aromatic rings. The van der Waals surface area contributed by atoms with Gasteiger partial charge in [-0.05, 0) is 44.9 Å². The summed E-state index contributed by atoms with van der Waals surface area (Å²) in [6.07, 6.45) is 17.7. The van der Waals surface area contributed by atoms with E-state index in [0.29, 0.717) is 12.0 Å². The molecule has 0 aromatic heterocycles. The van der Waals surface area contributed by atoms with Gasteiger partial charge in [-0.1, -0.05) is 30.4 Å². The summed E-state index contributed by atoms with van der Waals surface area (Å²) >= 11 is 0. The van der Waals surface area contributed by atoms with Crippen molar-refractivity contribution in [3.8, 4) is 0 Å². The molecule has 0 radical (unpaired) electrons. The summed E-state index contributed by atoms with van der Waals surface area (Å²) in [5.74, 6) is -1.06. The normalized spacial score (nSPS) is 29.7. The van der Waals surface area contributed by atoms with Crippen LogP contribution in [0.25, 0.3) is 0 Å². The second-order valence-corrected chi connectivity index (χ2v) is 6.80. The van der Waals surface area contributed by atoms with Crippen LogP contribution in [0.4, 0.5) is 0 Å². The quantitative estimate of drug-likeness (QED) is 0.577. The topological polar surface area (TPSA) is 52.6 Å². The van der Waals surface area contributed by atoms with E-state index in [9.17, 15) is 9.59 Å². The number of hydrogen-bond acceptors (Lipinski definition) is 4. The Labute approximate surface area is 143 Å². The largest absolute Gasteiger partial charge is 0.462 e. The minimum atomic E-state index is -0.462. The smallest absolute Gasteiger partial charge is 0.334 e. The van der Waals surface area contributed by atoms with Gasteiger partial charge in [-0.15, -0.1) is 0 Å². The average Bonchev–Trinajstić information content (AvgIpc) is 2.63. The highest BCUT2D eigenvalue weighted by atomic mass is 16.6. The first-order chi connectivity index (χ1) is 11.7. The van der Waals surface area contributed by atoms with Gasteiger partial charge in [0.15, 0.2) is 0 Å². The summed E-state index contributed by atoms with van der Waals surface area (Å²) < 4.78 is 11.3. The highest BCUT2D eigenvalue weighted by Crippen LogP contribution is 2.29. The van der Waals surface area contributed by atoms with Crippen LogP contribution in [0, 0.1) is 5.92 Å². The lowest BCUT2D eigenvalue weighted by molar-refractivity contribution is -0.157. The third-order valence-corrected chi connectivity index (χ3v) is 4.96. The Kier molecular flexibility index (Phi) is 5.89. The molecule has 3 unspecified atom stereocenters. The molecule has 3 atom stereocenters. The zero-order valence-electron chi connectivity index (χ0n) is 14.1. The summed E-state index contributed by atoms with van der Waals surface area (Å²) in [5, 5.41) is 0. The van der Waals surface area contributed by atoms with Crippen molar-refractivity contribution in [2.75, 3.05) is 0 Å². The second kappa shape index (κ2) is 8.32. The van der Waals surface area contributed by atoms with E-state index in [2.05, 4.69) is 24.3 Å². The summed E-state index contributed by atoms with van der Waals surface area (Å²) in [7, 11) is 0. The third-order valence-electron chi connectivity index (χ3n) is 4.96. The summed E-state index contributed by atoms with van der Waals surface area (Å²) in [5.41, 5.74) is 0.507. The molecule has 130 valence electrons. The Bertz CT molecular complexity index is 558. The molecule has 4 heteroatoms. The van der Waals surface area contributed by atoms with E-state index in [1.807, 2.05) is 6.08 Å². The summed E-state index contributed by atoms with van der Waals surface area (Å²) in [4.78, 5) is 25.1. The lowest BCUT2D eigenvalue weighted by Crippen LogP contribution is -2.32. The predicted octanol–water partition coefficient (Wildman–Crippen LogP) is 4.02. The minimum Gasteiger partial charge on any atom is -0.462 e. The Morgan fingerprint density at radius 1 is 0.833 bits per heavy atom. The van der Waals surface area contributed by atoms with Crippen molar-refractivity contribution >= 4 is 11.9 Å². The summed E-state index contributed by atoms with van der Waals surface area (Å²) in [6, 6.07) is 0. The van der Waals surface area contributed by atoms with E-state index >= 15 is 0 Å². The molecule has 0 spiro atoms. The van der Waals surface area contributed by atoms with Crippen LogP contribution in [-0.4, -0.2) is 24.1 Å². The Morgan fingerprint density at radius 2 is 1.50 bits per heavy atom. The van der Waals surface area contributed by atoms with Crippen molar-refractivity contribution in [3.63, 3.8) is 0 Å². The fourth-order valence-corrected chi connectivity index (χ4v) is 3.56. The van der Waals surface area contributed by atoms with Crippen LogP contribution in [-0.2, 0) is 19.1 Å². The molecular formula is C20H26O4. The van der Waals surface area contributed by atoms with Gasteiger partial charge in [0.2, 0.25) is 0 Å². The Morgan fingerprint density at radius 3 is 2.12 bits per heavy atom. The van der Waals surface area contributed by atoms with Gasteiger partial charge in [0.25, 0.3) is 0 Å². The van der Waals surface area contributed by atoms with Crippen LogP contribution in [0.3, 0.4) is 0 Å². The van der Waals surface area contributed by atoms with Crippen LogP contribution in [0.2, 0.25) is 0 Å². The van der Waals surface area contributed by atoms with Crippen LogP contribution in [0.15, 0.2) is 36.0 Å². The highest BCUT2D eigenvalue weighted by molar-refractivity contribution is 5.96. The molecule has 0 heterocycles. The molecule has 24 heavy (non-hydrogen) atoms. The second-order valence-electron chi connectivity index (χ2n) is 6.80. The number of rotatable bonds is 4. The fraction of sp³-hybridized carbons (Fsp3) is 0.600. The van der Waals surface area contributed by atoms with Gasteiger partial charge in [0, 0.05) is 18.4 Å². The van der Waals surface area contributed by atoms with Crippen LogP contribution in [0.5, 0.6) is 0 Å². The maximum atomic E-state index is 12.6. The van der Waals surface area contributed by atoms with Crippen molar-refractivity contribution in [3.05, 3.63) is 36.0 Å². The van der Waals surface area contributed by atoms with Crippen molar-refractivity contribution in [1.29, 1.82) is 0 Å². The molecule has 0 aliphatic heterocycles. The first kappa shape index (κ1) is 17.0. The van der Waals surface area contributed by atoms with E-state index in [0.717, 1.165) is 51.4 Å². The van der Waals surface area contributed by atoms with Crippen LogP contribution < -0.4 is 0 Å².